The Morgan fingerprint density at radius 1 is 1.00 bits per heavy atom. The molecule has 0 heterocycles. The quantitative estimate of drug-likeness (QED) is 0.307. The van der Waals surface area contributed by atoms with Gasteiger partial charge >= 0.3 is 0 Å². The zero-order valence-corrected chi connectivity index (χ0v) is 20.5. The molecule has 0 saturated heterocycles. The first-order chi connectivity index (χ1) is 14.2. The van der Waals surface area contributed by atoms with Crippen molar-refractivity contribution in [3.05, 3.63) is 23.8 Å². The van der Waals surface area contributed by atoms with E-state index in [0.717, 1.165) is 49.1 Å². The highest BCUT2D eigenvalue weighted by Crippen LogP contribution is 2.31. The van der Waals surface area contributed by atoms with Crippen LogP contribution in [-0.2, 0) is 0 Å². The van der Waals surface area contributed by atoms with Gasteiger partial charge < -0.3 is 25.0 Å². The zero-order valence-electron chi connectivity index (χ0n) is 20.5. The summed E-state index contributed by atoms with van der Waals surface area (Å²) in [5.74, 6) is 2.30. The average molecular weight is 422 g/mol. The van der Waals surface area contributed by atoms with Crippen molar-refractivity contribution in [2.45, 2.75) is 52.2 Å². The van der Waals surface area contributed by atoms with Crippen molar-refractivity contribution >= 4 is 5.96 Å². The van der Waals surface area contributed by atoms with Crippen molar-refractivity contribution in [2.75, 3.05) is 55.0 Å². The summed E-state index contributed by atoms with van der Waals surface area (Å²) in [6.07, 6.45) is 1.07. The van der Waals surface area contributed by atoms with Gasteiger partial charge in [-0.05, 0) is 65.9 Å². The molecule has 0 amide bonds. The Balaban J connectivity index is 2.64. The molecule has 0 fully saturated rings. The highest BCUT2D eigenvalue weighted by molar-refractivity contribution is 5.79. The van der Waals surface area contributed by atoms with E-state index in [1.54, 1.807) is 14.2 Å². The van der Waals surface area contributed by atoms with Gasteiger partial charge in [0.25, 0.3) is 0 Å². The summed E-state index contributed by atoms with van der Waals surface area (Å²) in [7, 11) is 9.28. The van der Waals surface area contributed by atoms with E-state index in [2.05, 4.69) is 73.3 Å². The molecule has 1 aromatic carbocycles. The molecule has 0 saturated carbocycles. The fourth-order valence-electron chi connectivity index (χ4n) is 3.65. The molecule has 30 heavy (non-hydrogen) atoms. The van der Waals surface area contributed by atoms with E-state index in [9.17, 15) is 0 Å². The fourth-order valence-corrected chi connectivity index (χ4v) is 3.65. The number of likely N-dealkylation sites (N-methyl/N-ethyl adjacent to an activating group) is 1. The van der Waals surface area contributed by atoms with E-state index >= 15 is 0 Å². The highest BCUT2D eigenvalue weighted by atomic mass is 16.5. The minimum Gasteiger partial charge on any atom is -0.493 e. The van der Waals surface area contributed by atoms with Crippen LogP contribution in [0.25, 0.3) is 0 Å². The van der Waals surface area contributed by atoms with Crippen LogP contribution in [0.2, 0.25) is 0 Å². The third-order valence-electron chi connectivity index (χ3n) is 5.31. The normalized spacial score (nSPS) is 13.3. The molecule has 0 aliphatic carbocycles. The molecule has 2 N–H and O–H groups in total. The second-order valence-corrected chi connectivity index (χ2v) is 8.25. The van der Waals surface area contributed by atoms with E-state index in [-0.39, 0.29) is 6.04 Å². The van der Waals surface area contributed by atoms with Gasteiger partial charge in [0.15, 0.2) is 17.5 Å². The van der Waals surface area contributed by atoms with Crippen LogP contribution in [0.3, 0.4) is 0 Å². The van der Waals surface area contributed by atoms with E-state index in [0.29, 0.717) is 12.1 Å². The van der Waals surface area contributed by atoms with Gasteiger partial charge in [-0.1, -0.05) is 6.07 Å². The third kappa shape index (κ3) is 8.03. The second kappa shape index (κ2) is 13.3. The summed E-state index contributed by atoms with van der Waals surface area (Å²) < 4.78 is 10.8. The van der Waals surface area contributed by atoms with Gasteiger partial charge in [-0.25, -0.2) is 0 Å². The molecule has 0 aliphatic rings. The zero-order chi connectivity index (χ0) is 22.7. The lowest BCUT2D eigenvalue weighted by atomic mass is 10.1. The maximum Gasteiger partial charge on any atom is 0.191 e. The van der Waals surface area contributed by atoms with Crippen LogP contribution in [0.4, 0.5) is 0 Å². The maximum atomic E-state index is 5.47. The Morgan fingerprint density at radius 2 is 1.63 bits per heavy atom. The topological polar surface area (TPSA) is 61.4 Å². The summed E-state index contributed by atoms with van der Waals surface area (Å²) in [6.45, 7) is 11.7. The molecular formula is C23H43N5O2. The second-order valence-electron chi connectivity index (χ2n) is 8.25. The predicted molar refractivity (Wildman–Crippen MR) is 127 cm³/mol. The van der Waals surface area contributed by atoms with Gasteiger partial charge in [0.2, 0.25) is 0 Å². The number of hydrogen-bond acceptors (Lipinski definition) is 5. The van der Waals surface area contributed by atoms with Gasteiger partial charge in [0.1, 0.15) is 0 Å². The first kappa shape index (κ1) is 26.0. The van der Waals surface area contributed by atoms with Crippen LogP contribution in [-0.4, -0.2) is 82.8 Å². The number of nitrogens with one attached hydrogen (secondary N) is 2. The minimum absolute atomic E-state index is 0.167. The van der Waals surface area contributed by atoms with E-state index in [1.165, 1.54) is 0 Å². The Kier molecular flexibility index (Phi) is 11.6. The predicted octanol–water partition coefficient (Wildman–Crippen LogP) is 2.98. The SMILES string of the molecule is CN=C(NCCCN(C(C)C)C(C)C)NCC(c1ccc(OC)c(OC)c1)N(C)C. The van der Waals surface area contributed by atoms with Crippen molar-refractivity contribution in [1.82, 2.24) is 20.4 Å². The number of nitrogens with zero attached hydrogens (tertiary/aromatic N) is 3. The van der Waals surface area contributed by atoms with Gasteiger partial charge in [-0.15, -0.1) is 0 Å². The third-order valence-corrected chi connectivity index (χ3v) is 5.31. The van der Waals surface area contributed by atoms with Crippen LogP contribution >= 0.6 is 0 Å². The lowest BCUT2D eigenvalue weighted by molar-refractivity contribution is 0.173. The minimum atomic E-state index is 0.167. The Bertz CT molecular complexity index is 638. The van der Waals surface area contributed by atoms with Crippen molar-refractivity contribution in [1.29, 1.82) is 0 Å². The van der Waals surface area contributed by atoms with Crippen LogP contribution in [0.1, 0.15) is 45.7 Å². The van der Waals surface area contributed by atoms with Crippen molar-refractivity contribution in [2.24, 2.45) is 4.99 Å². The number of hydrogen-bond donors (Lipinski definition) is 2. The van der Waals surface area contributed by atoms with E-state index in [1.807, 2.05) is 19.2 Å². The van der Waals surface area contributed by atoms with Crippen LogP contribution in [0, 0.1) is 0 Å². The Labute approximate surface area is 183 Å². The summed E-state index contributed by atoms with van der Waals surface area (Å²) in [5.41, 5.74) is 1.16. The molecule has 1 atom stereocenters. The summed E-state index contributed by atoms with van der Waals surface area (Å²) >= 11 is 0. The molecule has 7 nitrogen and oxygen atoms in total. The van der Waals surface area contributed by atoms with Gasteiger partial charge in [-0.2, -0.15) is 0 Å². The molecule has 0 bridgehead atoms. The van der Waals surface area contributed by atoms with Crippen LogP contribution in [0.15, 0.2) is 23.2 Å². The van der Waals surface area contributed by atoms with Crippen LogP contribution < -0.4 is 20.1 Å². The van der Waals surface area contributed by atoms with E-state index < -0.39 is 0 Å². The molecule has 0 aliphatic heterocycles. The first-order valence-electron chi connectivity index (χ1n) is 10.8. The molecule has 0 radical (unpaired) electrons. The number of ether oxygens (including phenoxy) is 2. The smallest absolute Gasteiger partial charge is 0.191 e. The summed E-state index contributed by atoms with van der Waals surface area (Å²) in [5, 5.41) is 6.90. The number of aliphatic imine (C=N–C) groups is 1. The number of benzene rings is 1. The lowest BCUT2D eigenvalue weighted by Gasteiger charge is -2.30. The van der Waals surface area contributed by atoms with Gasteiger partial charge in [0.05, 0.1) is 20.3 Å². The van der Waals surface area contributed by atoms with Crippen molar-refractivity contribution in [3.63, 3.8) is 0 Å². The monoisotopic (exact) mass is 421 g/mol. The van der Waals surface area contributed by atoms with E-state index in [4.69, 9.17) is 9.47 Å². The molecule has 172 valence electrons. The molecule has 1 rings (SSSR count). The van der Waals surface area contributed by atoms with Gasteiger partial charge in [-0.3, -0.25) is 9.89 Å². The standard InChI is InChI=1S/C23H43N5O2/c1-17(2)28(18(3)4)14-10-13-25-23(24-5)26-16-20(27(6)7)19-11-12-21(29-8)22(15-19)30-9/h11-12,15,17-18,20H,10,13-14,16H2,1-9H3,(H2,24,25,26). The highest BCUT2D eigenvalue weighted by Gasteiger charge is 2.17. The molecular weight excluding hydrogens is 378 g/mol. The molecule has 1 aromatic rings. The molecule has 0 spiro atoms. The molecule has 1 unspecified atom stereocenters. The Morgan fingerprint density at radius 3 is 2.13 bits per heavy atom. The summed E-state index contributed by atoms with van der Waals surface area (Å²) in [6, 6.07) is 7.35. The number of methoxy groups -OCH3 is 2. The molecule has 0 aromatic heterocycles. The summed E-state index contributed by atoms with van der Waals surface area (Å²) in [4.78, 5) is 9.07. The molecule has 7 heteroatoms. The maximum absolute atomic E-state index is 5.47. The Hall–Kier alpha value is -1.99. The van der Waals surface area contributed by atoms with Gasteiger partial charge in [0, 0.05) is 38.8 Å². The van der Waals surface area contributed by atoms with Crippen LogP contribution in [0.5, 0.6) is 11.5 Å². The van der Waals surface area contributed by atoms with Crippen molar-refractivity contribution < 1.29 is 9.47 Å². The fraction of sp³-hybridized carbons (Fsp3) is 0.696. The van der Waals surface area contributed by atoms with Crippen molar-refractivity contribution in [3.8, 4) is 11.5 Å². The number of rotatable bonds is 12. The average Bonchev–Trinajstić information content (AvgIpc) is 2.71. The first-order valence-corrected chi connectivity index (χ1v) is 10.8. The lowest BCUT2D eigenvalue weighted by Crippen LogP contribution is -2.43. The largest absolute Gasteiger partial charge is 0.493 e. The number of guanidine groups is 1.